The van der Waals surface area contributed by atoms with Gasteiger partial charge in [0.1, 0.15) is 0 Å². The van der Waals surface area contributed by atoms with Crippen LogP contribution in [-0.4, -0.2) is 44.5 Å². The predicted octanol–water partition coefficient (Wildman–Crippen LogP) is 1.36. The molecule has 4 nitrogen and oxygen atoms in total. The highest BCUT2D eigenvalue weighted by atomic mass is 16.5. The molecule has 0 aliphatic heterocycles. The summed E-state index contributed by atoms with van der Waals surface area (Å²) in [4.78, 5) is 17.6. The lowest BCUT2D eigenvalue weighted by atomic mass is 10.1. The summed E-state index contributed by atoms with van der Waals surface area (Å²) in [5.41, 5.74) is 1.07. The molecule has 0 N–H and O–H groups in total. The Bertz CT molecular complexity index is 374. The number of carbonyl (C=O) groups excluding carboxylic acids is 1. The summed E-state index contributed by atoms with van der Waals surface area (Å²) < 4.78 is 4.75. The van der Waals surface area contributed by atoms with Crippen LogP contribution in [0.15, 0.2) is 35.3 Å². The summed E-state index contributed by atoms with van der Waals surface area (Å²) >= 11 is 0. The highest BCUT2D eigenvalue weighted by Crippen LogP contribution is 2.07. The number of carbonyl (C=O) groups is 1. The molecular formula is C13H18N2O2. The molecule has 0 fully saturated rings. The minimum absolute atomic E-state index is 0.313. The van der Waals surface area contributed by atoms with Crippen LogP contribution in [0, 0.1) is 0 Å². The van der Waals surface area contributed by atoms with Crippen molar-refractivity contribution >= 4 is 12.3 Å². The molecule has 0 saturated carbocycles. The molecular weight excluding hydrogens is 216 g/mol. The lowest BCUT2D eigenvalue weighted by molar-refractivity contribution is -0.142. The summed E-state index contributed by atoms with van der Waals surface area (Å²) in [5.74, 6) is -0.313. The Kier molecular flexibility index (Phi) is 5.20. The zero-order valence-corrected chi connectivity index (χ0v) is 10.5. The molecule has 0 radical (unpaired) electrons. The average Bonchev–Trinajstić information content (AvgIpc) is 2.34. The van der Waals surface area contributed by atoms with Crippen molar-refractivity contribution < 1.29 is 9.53 Å². The minimum Gasteiger partial charge on any atom is -0.467 e. The van der Waals surface area contributed by atoms with Crippen molar-refractivity contribution in [2.45, 2.75) is 12.5 Å². The molecule has 0 spiro atoms. The normalized spacial score (nSPS) is 12.4. The van der Waals surface area contributed by atoms with Gasteiger partial charge in [-0.2, -0.15) is 0 Å². The zero-order valence-electron chi connectivity index (χ0n) is 10.5. The largest absolute Gasteiger partial charge is 0.467 e. The second kappa shape index (κ2) is 6.68. The van der Waals surface area contributed by atoms with E-state index in [2.05, 4.69) is 4.99 Å². The molecule has 0 aromatic heterocycles. The fourth-order valence-corrected chi connectivity index (χ4v) is 1.38. The first-order valence-electron chi connectivity index (χ1n) is 5.45. The third-order valence-electron chi connectivity index (χ3n) is 2.22. The summed E-state index contributed by atoms with van der Waals surface area (Å²) in [6.45, 7) is 0. The van der Waals surface area contributed by atoms with Crippen molar-refractivity contribution in [3.63, 3.8) is 0 Å². The Morgan fingerprint density at radius 2 is 2.06 bits per heavy atom. The number of aliphatic imine (C=N–C) groups is 1. The van der Waals surface area contributed by atoms with E-state index in [9.17, 15) is 4.79 Å². The van der Waals surface area contributed by atoms with Gasteiger partial charge in [0.25, 0.3) is 0 Å². The van der Waals surface area contributed by atoms with Gasteiger partial charge in [0, 0.05) is 20.5 Å². The lowest BCUT2D eigenvalue weighted by Gasteiger charge is -2.11. The maximum absolute atomic E-state index is 11.6. The van der Waals surface area contributed by atoms with Gasteiger partial charge in [-0.25, -0.2) is 4.79 Å². The van der Waals surface area contributed by atoms with Gasteiger partial charge < -0.3 is 9.64 Å². The van der Waals surface area contributed by atoms with E-state index in [0.29, 0.717) is 6.42 Å². The standard InChI is InChI=1S/C13H18N2O2/c1-15(2)10-14-12(13(16)17-3)9-11-7-5-4-6-8-11/h4-8,10,12H,9H2,1-3H3. The molecule has 17 heavy (non-hydrogen) atoms. The number of ether oxygens (including phenoxy) is 1. The molecule has 1 aromatic carbocycles. The molecule has 1 rings (SSSR count). The molecule has 92 valence electrons. The van der Waals surface area contributed by atoms with Gasteiger partial charge in [0.2, 0.25) is 0 Å². The topological polar surface area (TPSA) is 41.9 Å². The first-order valence-corrected chi connectivity index (χ1v) is 5.45. The molecule has 0 aliphatic carbocycles. The van der Waals surface area contributed by atoms with Crippen molar-refractivity contribution in [3.05, 3.63) is 35.9 Å². The number of hydrogen-bond acceptors (Lipinski definition) is 3. The summed E-state index contributed by atoms with van der Waals surface area (Å²) in [5, 5.41) is 0. The minimum atomic E-state index is -0.482. The molecule has 1 aromatic rings. The van der Waals surface area contributed by atoms with Gasteiger partial charge in [-0.1, -0.05) is 30.3 Å². The summed E-state index contributed by atoms with van der Waals surface area (Å²) in [6, 6.07) is 9.30. The van der Waals surface area contributed by atoms with Crippen molar-refractivity contribution in [2.24, 2.45) is 4.99 Å². The number of benzene rings is 1. The number of rotatable bonds is 5. The van der Waals surface area contributed by atoms with Crippen LogP contribution in [0.2, 0.25) is 0 Å². The van der Waals surface area contributed by atoms with E-state index >= 15 is 0 Å². The van der Waals surface area contributed by atoms with Crippen LogP contribution in [0.25, 0.3) is 0 Å². The van der Waals surface area contributed by atoms with Gasteiger partial charge >= 0.3 is 5.97 Å². The molecule has 0 aliphatic rings. The van der Waals surface area contributed by atoms with E-state index in [0.717, 1.165) is 5.56 Å². The smallest absolute Gasteiger partial charge is 0.330 e. The van der Waals surface area contributed by atoms with Gasteiger partial charge in [0.05, 0.1) is 13.4 Å². The van der Waals surface area contributed by atoms with Crippen molar-refractivity contribution in [2.75, 3.05) is 21.2 Å². The van der Waals surface area contributed by atoms with Crippen LogP contribution in [0.1, 0.15) is 5.56 Å². The summed E-state index contributed by atoms with van der Waals surface area (Å²) in [6.07, 6.45) is 2.18. The monoisotopic (exact) mass is 234 g/mol. The second-order valence-electron chi connectivity index (χ2n) is 3.96. The number of hydrogen-bond donors (Lipinski definition) is 0. The Hall–Kier alpha value is -1.84. The van der Waals surface area contributed by atoms with Crippen molar-refractivity contribution in [1.29, 1.82) is 0 Å². The molecule has 0 bridgehead atoms. The third-order valence-corrected chi connectivity index (χ3v) is 2.22. The van der Waals surface area contributed by atoms with Crippen LogP contribution in [-0.2, 0) is 16.0 Å². The Balaban J connectivity index is 2.74. The fraction of sp³-hybridized carbons (Fsp3) is 0.385. The Labute approximate surface area is 102 Å². The first kappa shape index (κ1) is 13.2. The quantitative estimate of drug-likeness (QED) is 0.439. The van der Waals surface area contributed by atoms with Crippen LogP contribution in [0.5, 0.6) is 0 Å². The van der Waals surface area contributed by atoms with Crippen molar-refractivity contribution in [1.82, 2.24) is 4.90 Å². The van der Waals surface area contributed by atoms with E-state index in [1.54, 1.807) is 11.2 Å². The van der Waals surface area contributed by atoms with E-state index in [1.807, 2.05) is 44.4 Å². The van der Waals surface area contributed by atoms with Crippen LogP contribution in [0.4, 0.5) is 0 Å². The molecule has 1 atom stereocenters. The van der Waals surface area contributed by atoms with Crippen molar-refractivity contribution in [3.8, 4) is 0 Å². The Morgan fingerprint density at radius 3 is 2.59 bits per heavy atom. The zero-order chi connectivity index (χ0) is 12.7. The molecule has 0 saturated heterocycles. The maximum Gasteiger partial charge on any atom is 0.330 e. The predicted molar refractivity (Wildman–Crippen MR) is 68.1 cm³/mol. The molecule has 1 unspecified atom stereocenters. The SMILES string of the molecule is COC(=O)C(Cc1ccccc1)N=CN(C)C. The molecule has 0 heterocycles. The summed E-state index contributed by atoms with van der Waals surface area (Å²) in [7, 11) is 5.10. The Morgan fingerprint density at radius 1 is 1.41 bits per heavy atom. The van der Waals surface area contributed by atoms with Gasteiger partial charge in [0.15, 0.2) is 6.04 Å². The lowest BCUT2D eigenvalue weighted by Crippen LogP contribution is -2.24. The number of esters is 1. The third kappa shape index (κ3) is 4.68. The highest BCUT2D eigenvalue weighted by molar-refractivity contribution is 5.78. The van der Waals surface area contributed by atoms with Crippen LogP contribution >= 0.6 is 0 Å². The van der Waals surface area contributed by atoms with E-state index < -0.39 is 6.04 Å². The van der Waals surface area contributed by atoms with Crippen LogP contribution < -0.4 is 0 Å². The number of nitrogens with zero attached hydrogens (tertiary/aromatic N) is 2. The highest BCUT2D eigenvalue weighted by Gasteiger charge is 2.17. The second-order valence-corrected chi connectivity index (χ2v) is 3.96. The van der Waals surface area contributed by atoms with Gasteiger partial charge in [-0.05, 0) is 5.56 Å². The van der Waals surface area contributed by atoms with E-state index in [1.165, 1.54) is 7.11 Å². The molecule has 0 amide bonds. The maximum atomic E-state index is 11.6. The van der Waals surface area contributed by atoms with E-state index in [-0.39, 0.29) is 5.97 Å². The van der Waals surface area contributed by atoms with Gasteiger partial charge in [-0.15, -0.1) is 0 Å². The van der Waals surface area contributed by atoms with Crippen LogP contribution in [0.3, 0.4) is 0 Å². The fourth-order valence-electron chi connectivity index (χ4n) is 1.38. The molecule has 4 heteroatoms. The first-order chi connectivity index (χ1) is 8.13. The van der Waals surface area contributed by atoms with E-state index in [4.69, 9.17) is 4.74 Å². The average molecular weight is 234 g/mol. The van der Waals surface area contributed by atoms with Gasteiger partial charge in [-0.3, -0.25) is 4.99 Å². The number of methoxy groups -OCH3 is 1.